The number of carbonyl (C=O) groups excluding carboxylic acids is 2. The van der Waals surface area contributed by atoms with Crippen LogP contribution in [-0.4, -0.2) is 53.6 Å². The zero-order chi connectivity index (χ0) is 14.3. The number of likely N-dealkylation sites (N-methyl/N-ethyl adjacent to an activating group) is 1. The van der Waals surface area contributed by atoms with Gasteiger partial charge in [-0.3, -0.25) is 4.79 Å². The second-order valence-electron chi connectivity index (χ2n) is 4.43. The van der Waals surface area contributed by atoms with E-state index in [0.29, 0.717) is 6.54 Å². The molecule has 0 aliphatic rings. The summed E-state index contributed by atoms with van der Waals surface area (Å²) >= 11 is 0. The van der Waals surface area contributed by atoms with Crippen LogP contribution in [0.1, 0.15) is 27.2 Å². The molecule has 0 atom stereocenters. The summed E-state index contributed by atoms with van der Waals surface area (Å²) in [6.45, 7) is 5.12. The molecule has 0 aromatic carbocycles. The first-order chi connectivity index (χ1) is 8.23. The van der Waals surface area contributed by atoms with Crippen molar-refractivity contribution in [2.45, 2.75) is 32.7 Å². The molecule has 0 aromatic heterocycles. The van der Waals surface area contributed by atoms with E-state index in [-0.39, 0.29) is 12.5 Å². The lowest BCUT2D eigenvalue weighted by Crippen LogP contribution is -2.55. The Kier molecular flexibility index (Phi) is 6.15. The van der Waals surface area contributed by atoms with E-state index in [1.807, 2.05) is 6.92 Å². The largest absolute Gasteiger partial charge is 0.480 e. The van der Waals surface area contributed by atoms with Crippen LogP contribution >= 0.6 is 0 Å². The molecule has 0 aromatic rings. The number of urea groups is 1. The van der Waals surface area contributed by atoms with E-state index in [0.717, 1.165) is 11.3 Å². The number of amides is 3. The van der Waals surface area contributed by atoms with E-state index >= 15 is 0 Å². The van der Waals surface area contributed by atoms with Gasteiger partial charge in [0, 0.05) is 13.6 Å². The van der Waals surface area contributed by atoms with Gasteiger partial charge in [-0.05, 0) is 20.3 Å². The third-order valence-corrected chi connectivity index (χ3v) is 2.64. The van der Waals surface area contributed by atoms with Crippen molar-refractivity contribution < 1.29 is 19.5 Å². The molecule has 104 valence electrons. The second kappa shape index (κ2) is 6.83. The third-order valence-electron chi connectivity index (χ3n) is 2.64. The third kappa shape index (κ3) is 4.60. The number of aliphatic carboxylic acids is 1. The van der Waals surface area contributed by atoms with Crippen molar-refractivity contribution in [1.82, 2.24) is 15.5 Å². The predicted octanol–water partition coefficient (Wildman–Crippen LogP) is 0.0172. The molecule has 0 fully saturated rings. The highest BCUT2D eigenvalue weighted by Crippen LogP contribution is 2.11. The molecule has 7 heteroatoms. The number of hydrogen-bond donors (Lipinski definition) is 3. The van der Waals surface area contributed by atoms with Gasteiger partial charge >= 0.3 is 12.0 Å². The molecule has 0 unspecified atom stereocenters. The van der Waals surface area contributed by atoms with Crippen LogP contribution in [0.4, 0.5) is 4.79 Å². The summed E-state index contributed by atoms with van der Waals surface area (Å²) in [4.78, 5) is 34.9. The van der Waals surface area contributed by atoms with Crippen molar-refractivity contribution in [3.05, 3.63) is 0 Å². The fourth-order valence-electron chi connectivity index (χ4n) is 0.999. The molecule has 0 radical (unpaired) electrons. The van der Waals surface area contributed by atoms with Crippen LogP contribution in [-0.2, 0) is 9.59 Å². The minimum absolute atomic E-state index is 0.168. The van der Waals surface area contributed by atoms with Crippen LogP contribution < -0.4 is 10.6 Å². The fourth-order valence-corrected chi connectivity index (χ4v) is 0.999. The maximum atomic E-state index is 11.6. The van der Waals surface area contributed by atoms with Crippen LogP contribution in [0.2, 0.25) is 0 Å². The minimum Gasteiger partial charge on any atom is -0.480 e. The lowest BCUT2D eigenvalue weighted by Gasteiger charge is -2.31. The maximum absolute atomic E-state index is 11.6. The van der Waals surface area contributed by atoms with Gasteiger partial charge in [-0.15, -0.1) is 0 Å². The summed E-state index contributed by atoms with van der Waals surface area (Å²) in [5, 5.41) is 13.9. The van der Waals surface area contributed by atoms with E-state index in [1.165, 1.54) is 20.9 Å². The van der Waals surface area contributed by atoms with Gasteiger partial charge in [-0.25, -0.2) is 9.59 Å². The average molecular weight is 259 g/mol. The van der Waals surface area contributed by atoms with E-state index in [4.69, 9.17) is 5.11 Å². The smallest absolute Gasteiger partial charge is 0.329 e. The lowest BCUT2D eigenvalue weighted by molar-refractivity contribution is -0.146. The molecule has 0 saturated heterocycles. The van der Waals surface area contributed by atoms with Crippen molar-refractivity contribution in [3.63, 3.8) is 0 Å². The van der Waals surface area contributed by atoms with Crippen molar-refractivity contribution in [2.24, 2.45) is 0 Å². The summed E-state index contributed by atoms with van der Waals surface area (Å²) in [6.07, 6.45) is 0.811. The molecule has 18 heavy (non-hydrogen) atoms. The summed E-state index contributed by atoms with van der Waals surface area (Å²) < 4.78 is 0. The van der Waals surface area contributed by atoms with Crippen molar-refractivity contribution >= 4 is 17.9 Å². The predicted molar refractivity (Wildman–Crippen MR) is 66.2 cm³/mol. The monoisotopic (exact) mass is 259 g/mol. The van der Waals surface area contributed by atoms with Gasteiger partial charge in [0.15, 0.2) is 0 Å². The molecule has 7 nitrogen and oxygen atoms in total. The van der Waals surface area contributed by atoms with Gasteiger partial charge < -0.3 is 20.6 Å². The summed E-state index contributed by atoms with van der Waals surface area (Å²) in [6, 6.07) is -0.603. The van der Waals surface area contributed by atoms with E-state index in [9.17, 15) is 14.4 Å². The Morgan fingerprint density at radius 2 is 1.78 bits per heavy atom. The van der Waals surface area contributed by atoms with Gasteiger partial charge in [-0.1, -0.05) is 6.92 Å². The molecule has 3 N–H and O–H groups in total. The molecule has 0 heterocycles. The van der Waals surface area contributed by atoms with Gasteiger partial charge in [0.2, 0.25) is 5.91 Å². The zero-order valence-corrected chi connectivity index (χ0v) is 11.2. The van der Waals surface area contributed by atoms with E-state index in [1.54, 1.807) is 0 Å². The number of rotatable bonds is 6. The Hall–Kier alpha value is -1.79. The molecule has 0 bridgehead atoms. The zero-order valence-electron chi connectivity index (χ0n) is 11.2. The van der Waals surface area contributed by atoms with Crippen LogP contribution in [0.25, 0.3) is 0 Å². The summed E-state index contributed by atoms with van der Waals surface area (Å²) in [5.74, 6) is -1.41. The molecular formula is C11H21N3O4. The average Bonchev–Trinajstić information content (AvgIpc) is 2.31. The molecular weight excluding hydrogens is 238 g/mol. The van der Waals surface area contributed by atoms with Gasteiger partial charge in [0.1, 0.15) is 5.54 Å². The maximum Gasteiger partial charge on any atom is 0.329 e. The Morgan fingerprint density at radius 3 is 2.22 bits per heavy atom. The highest BCUT2D eigenvalue weighted by Gasteiger charge is 2.35. The fraction of sp³-hybridized carbons (Fsp3) is 0.727. The molecule has 0 rings (SSSR count). The summed E-state index contributed by atoms with van der Waals surface area (Å²) in [5.41, 5.74) is -1.33. The molecule has 0 aliphatic heterocycles. The van der Waals surface area contributed by atoms with Crippen LogP contribution in [0.5, 0.6) is 0 Å². The Balaban J connectivity index is 4.26. The van der Waals surface area contributed by atoms with Crippen LogP contribution in [0, 0.1) is 0 Å². The Bertz CT molecular complexity index is 328. The Morgan fingerprint density at radius 1 is 1.22 bits per heavy atom. The van der Waals surface area contributed by atoms with Gasteiger partial charge in [0.05, 0.1) is 6.54 Å². The van der Waals surface area contributed by atoms with E-state index < -0.39 is 17.5 Å². The number of nitrogens with one attached hydrogen (secondary N) is 2. The van der Waals surface area contributed by atoms with Crippen LogP contribution in [0.3, 0.4) is 0 Å². The topological polar surface area (TPSA) is 98.7 Å². The van der Waals surface area contributed by atoms with Crippen molar-refractivity contribution in [2.75, 3.05) is 20.1 Å². The van der Waals surface area contributed by atoms with Crippen molar-refractivity contribution in [1.29, 1.82) is 0 Å². The number of carboxylic acid groups (broad SMARTS) is 1. The molecule has 0 aliphatic carbocycles. The SMILES string of the molecule is CCCNC(=O)CNC(=O)N(C)C(C)(C)C(=O)O. The molecule has 0 spiro atoms. The second-order valence-corrected chi connectivity index (χ2v) is 4.43. The normalized spacial score (nSPS) is 10.7. The first-order valence-corrected chi connectivity index (χ1v) is 5.75. The molecule has 3 amide bonds. The van der Waals surface area contributed by atoms with Crippen molar-refractivity contribution in [3.8, 4) is 0 Å². The lowest BCUT2D eigenvalue weighted by atomic mass is 10.1. The number of carbonyl (C=O) groups is 3. The van der Waals surface area contributed by atoms with Gasteiger partial charge in [0.25, 0.3) is 0 Å². The first kappa shape index (κ1) is 16.2. The van der Waals surface area contributed by atoms with E-state index in [2.05, 4.69) is 10.6 Å². The van der Waals surface area contributed by atoms with Gasteiger partial charge in [-0.2, -0.15) is 0 Å². The summed E-state index contributed by atoms with van der Waals surface area (Å²) in [7, 11) is 1.37. The quantitative estimate of drug-likeness (QED) is 0.626. The standard InChI is InChI=1S/C11H21N3O4/c1-5-6-12-8(15)7-13-10(18)14(4)11(2,3)9(16)17/h5-7H2,1-4H3,(H,12,15)(H,13,18)(H,16,17). The first-order valence-electron chi connectivity index (χ1n) is 5.75. The molecule has 0 saturated carbocycles. The number of nitrogens with zero attached hydrogens (tertiary/aromatic N) is 1. The highest BCUT2D eigenvalue weighted by atomic mass is 16.4. The number of carboxylic acids is 1. The van der Waals surface area contributed by atoms with Crippen LogP contribution in [0.15, 0.2) is 0 Å². The number of hydrogen-bond acceptors (Lipinski definition) is 3. The highest BCUT2D eigenvalue weighted by molar-refractivity contribution is 5.88. The minimum atomic E-state index is -1.33. The Labute approximate surface area is 107 Å².